The molecule has 33 heavy (non-hydrogen) atoms. The average molecular weight is 463 g/mol. The molecule has 9 nitrogen and oxygen atoms in total. The number of fused-ring (bicyclic) bond motifs is 1. The molecule has 174 valence electrons. The largest absolute Gasteiger partial charge is 0.493 e. The molecular weight excluding hydrogens is 443 g/mol. The van der Waals surface area contributed by atoms with Crippen molar-refractivity contribution < 1.29 is 32.2 Å². The number of hydrogen-bond donors (Lipinski definition) is 0. The second kappa shape index (κ2) is 8.68. The number of benzene rings is 1. The van der Waals surface area contributed by atoms with Crippen molar-refractivity contribution in [3.8, 4) is 11.5 Å². The number of anilines is 1. The van der Waals surface area contributed by atoms with Gasteiger partial charge in [0.2, 0.25) is 0 Å². The number of Topliss-reactive ketones (excluding diaryl/α,β-unsaturated/α-hetero) is 1. The zero-order valence-electron chi connectivity index (χ0n) is 17.8. The minimum atomic E-state index is -4.68. The first-order chi connectivity index (χ1) is 15.7. The number of carbonyl (C=O) groups is 2. The highest BCUT2D eigenvalue weighted by atomic mass is 19.4. The van der Waals surface area contributed by atoms with E-state index >= 15 is 0 Å². The lowest BCUT2D eigenvalue weighted by atomic mass is 9.97. The summed E-state index contributed by atoms with van der Waals surface area (Å²) < 4.78 is 50.7. The van der Waals surface area contributed by atoms with Gasteiger partial charge in [-0.2, -0.15) is 17.7 Å². The fourth-order valence-electron chi connectivity index (χ4n) is 3.63. The van der Waals surface area contributed by atoms with Crippen molar-refractivity contribution in [3.63, 3.8) is 0 Å². The molecule has 1 aliphatic rings. The number of hydrogen-bond acceptors (Lipinski definition) is 8. The maximum Gasteiger partial charge on any atom is 0.453 e. The molecule has 0 N–H and O–H groups in total. The van der Waals surface area contributed by atoms with Gasteiger partial charge in [0.05, 0.1) is 13.0 Å². The maximum absolute atomic E-state index is 13.1. The van der Waals surface area contributed by atoms with Gasteiger partial charge in [0, 0.05) is 18.7 Å². The Balaban J connectivity index is 1.43. The molecule has 1 aromatic carbocycles. The highest BCUT2D eigenvalue weighted by Crippen LogP contribution is 2.31. The van der Waals surface area contributed by atoms with Crippen molar-refractivity contribution in [1.82, 2.24) is 19.8 Å². The van der Waals surface area contributed by atoms with Crippen LogP contribution in [0.2, 0.25) is 0 Å². The first kappa shape index (κ1) is 22.5. The van der Waals surface area contributed by atoms with Crippen LogP contribution in [0.5, 0.6) is 11.5 Å². The lowest BCUT2D eigenvalue weighted by Gasteiger charge is -2.31. The van der Waals surface area contributed by atoms with Gasteiger partial charge in [0.1, 0.15) is 5.82 Å². The Hall–Kier alpha value is -3.70. The van der Waals surface area contributed by atoms with Crippen LogP contribution < -0.4 is 14.4 Å². The van der Waals surface area contributed by atoms with E-state index in [-0.39, 0.29) is 22.9 Å². The summed E-state index contributed by atoms with van der Waals surface area (Å²) in [4.78, 5) is 26.0. The van der Waals surface area contributed by atoms with Crippen molar-refractivity contribution in [3.05, 3.63) is 41.7 Å². The van der Waals surface area contributed by atoms with E-state index in [1.807, 2.05) is 0 Å². The van der Waals surface area contributed by atoms with Gasteiger partial charge in [-0.15, -0.1) is 15.3 Å². The van der Waals surface area contributed by atoms with Crippen molar-refractivity contribution in [2.75, 3.05) is 25.1 Å². The van der Waals surface area contributed by atoms with E-state index in [2.05, 4.69) is 15.3 Å². The summed E-state index contributed by atoms with van der Waals surface area (Å²) in [6.07, 6.45) is -3.81. The van der Waals surface area contributed by atoms with E-state index in [1.165, 1.54) is 32.2 Å². The van der Waals surface area contributed by atoms with E-state index in [9.17, 15) is 22.8 Å². The van der Waals surface area contributed by atoms with Gasteiger partial charge in [0.25, 0.3) is 5.82 Å². The number of halogens is 3. The van der Waals surface area contributed by atoms with Crippen LogP contribution in [-0.4, -0.2) is 51.8 Å². The van der Waals surface area contributed by atoms with Crippen molar-refractivity contribution in [2.24, 2.45) is 5.92 Å². The second-order valence-corrected chi connectivity index (χ2v) is 7.59. The Kier molecular flexibility index (Phi) is 5.91. The number of aromatic nitrogens is 4. The molecule has 1 fully saturated rings. The van der Waals surface area contributed by atoms with E-state index in [1.54, 1.807) is 17.0 Å². The Morgan fingerprint density at radius 2 is 1.79 bits per heavy atom. The third-order valence-electron chi connectivity index (χ3n) is 5.44. The van der Waals surface area contributed by atoms with Gasteiger partial charge < -0.3 is 14.4 Å². The molecule has 1 saturated heterocycles. The fourth-order valence-corrected chi connectivity index (χ4v) is 3.63. The minimum Gasteiger partial charge on any atom is -0.493 e. The average Bonchev–Trinajstić information content (AvgIpc) is 3.23. The predicted octanol–water partition coefficient (Wildman–Crippen LogP) is 3.18. The zero-order valence-corrected chi connectivity index (χ0v) is 17.8. The van der Waals surface area contributed by atoms with E-state index in [0.29, 0.717) is 41.8 Å². The highest BCUT2D eigenvalue weighted by molar-refractivity contribution is 5.94. The van der Waals surface area contributed by atoms with Crippen molar-refractivity contribution >= 4 is 23.2 Å². The minimum absolute atomic E-state index is 0.00530. The van der Waals surface area contributed by atoms with E-state index in [0.717, 1.165) is 0 Å². The van der Waals surface area contributed by atoms with Crippen LogP contribution in [0, 0.1) is 5.92 Å². The smallest absolute Gasteiger partial charge is 0.453 e. The Morgan fingerprint density at radius 1 is 1.06 bits per heavy atom. The monoisotopic (exact) mass is 463 g/mol. The Morgan fingerprint density at radius 3 is 2.42 bits per heavy atom. The molecule has 4 rings (SSSR count). The molecule has 3 aromatic rings. The lowest BCUT2D eigenvalue weighted by Crippen LogP contribution is -2.38. The molecule has 0 spiro atoms. The van der Waals surface area contributed by atoms with Crippen LogP contribution in [0.3, 0.4) is 0 Å². The quantitative estimate of drug-likeness (QED) is 0.323. The van der Waals surface area contributed by atoms with Gasteiger partial charge in [0.15, 0.2) is 22.9 Å². The Labute approximate surface area is 186 Å². The van der Waals surface area contributed by atoms with Gasteiger partial charge in [-0.05, 0) is 50.1 Å². The van der Waals surface area contributed by atoms with Gasteiger partial charge in [-0.25, -0.2) is 0 Å². The standard InChI is InChI=1S/C21H20F3N5O4/c1-12(30)14-3-4-15(16(11-14)32-2)33-19(31)13-7-9-28(10-8-13)18-6-5-17-25-26-20(21(22,23)24)29(17)27-18/h3-6,11,13H,7-10H2,1-2H3. The number of methoxy groups -OCH3 is 1. The number of ether oxygens (including phenoxy) is 2. The molecular formula is C21H20F3N5O4. The van der Waals surface area contributed by atoms with Crippen LogP contribution in [-0.2, 0) is 11.0 Å². The molecule has 0 aliphatic carbocycles. The second-order valence-electron chi connectivity index (χ2n) is 7.59. The number of ketones is 1. The van der Waals surface area contributed by atoms with Crippen LogP contribution in [0.1, 0.15) is 35.9 Å². The van der Waals surface area contributed by atoms with Crippen molar-refractivity contribution in [1.29, 1.82) is 0 Å². The summed E-state index contributed by atoms with van der Waals surface area (Å²) in [5, 5.41) is 10.7. The zero-order chi connectivity index (χ0) is 23.8. The topological polar surface area (TPSA) is 98.9 Å². The van der Waals surface area contributed by atoms with Gasteiger partial charge in [-0.3, -0.25) is 9.59 Å². The summed E-state index contributed by atoms with van der Waals surface area (Å²) in [6, 6.07) is 7.57. The first-order valence-corrected chi connectivity index (χ1v) is 10.1. The van der Waals surface area contributed by atoms with Crippen LogP contribution >= 0.6 is 0 Å². The number of piperidine rings is 1. The fraction of sp³-hybridized carbons (Fsp3) is 0.381. The van der Waals surface area contributed by atoms with Crippen LogP contribution in [0.25, 0.3) is 5.65 Å². The molecule has 0 unspecified atom stereocenters. The van der Waals surface area contributed by atoms with E-state index in [4.69, 9.17) is 9.47 Å². The lowest BCUT2D eigenvalue weighted by molar-refractivity contribution is -0.146. The SMILES string of the molecule is COc1cc(C(C)=O)ccc1OC(=O)C1CCN(c2ccc3nnc(C(F)(F)F)n3n2)CC1. The number of alkyl halides is 3. The number of esters is 1. The molecule has 0 bridgehead atoms. The Bertz CT molecular complexity index is 1200. The molecule has 0 saturated carbocycles. The third-order valence-corrected chi connectivity index (χ3v) is 5.44. The van der Waals surface area contributed by atoms with Gasteiger partial charge >= 0.3 is 12.1 Å². The van der Waals surface area contributed by atoms with E-state index < -0.39 is 23.9 Å². The predicted molar refractivity (Wildman–Crippen MR) is 109 cm³/mol. The molecule has 0 atom stereocenters. The highest BCUT2D eigenvalue weighted by Gasteiger charge is 2.38. The third kappa shape index (κ3) is 4.59. The maximum atomic E-state index is 13.1. The van der Waals surface area contributed by atoms with Crippen molar-refractivity contribution in [2.45, 2.75) is 25.9 Å². The molecule has 1 aliphatic heterocycles. The molecule has 0 radical (unpaired) electrons. The van der Waals surface area contributed by atoms with Crippen LogP contribution in [0.15, 0.2) is 30.3 Å². The summed E-state index contributed by atoms with van der Waals surface area (Å²) >= 11 is 0. The normalized spacial score (nSPS) is 15.0. The van der Waals surface area contributed by atoms with Crippen LogP contribution in [0.4, 0.5) is 19.0 Å². The summed E-state index contributed by atoms with van der Waals surface area (Å²) in [6.45, 7) is 2.23. The molecule has 12 heteroatoms. The summed E-state index contributed by atoms with van der Waals surface area (Å²) in [5.74, 6) is -1.34. The first-order valence-electron chi connectivity index (χ1n) is 10.1. The number of nitrogens with zero attached hydrogens (tertiary/aromatic N) is 5. The molecule has 3 heterocycles. The van der Waals surface area contributed by atoms with Gasteiger partial charge in [-0.1, -0.05) is 0 Å². The molecule has 2 aromatic heterocycles. The summed E-state index contributed by atoms with van der Waals surface area (Å²) in [7, 11) is 1.42. The number of carbonyl (C=O) groups excluding carboxylic acids is 2. The summed E-state index contributed by atoms with van der Waals surface area (Å²) in [5.41, 5.74) is 0.431. The molecule has 0 amide bonds. The number of rotatable bonds is 5.